The highest BCUT2D eigenvalue weighted by Crippen LogP contribution is 2.41. The van der Waals surface area contributed by atoms with Crippen LogP contribution in [-0.2, 0) is 6.42 Å². The van der Waals surface area contributed by atoms with Gasteiger partial charge in [-0.15, -0.1) is 0 Å². The number of fused-ring (bicyclic) bond motifs is 1. The van der Waals surface area contributed by atoms with E-state index in [-0.39, 0.29) is 0 Å². The average molecular weight is 236 g/mol. The summed E-state index contributed by atoms with van der Waals surface area (Å²) in [5, 5.41) is 10.3. The molecule has 0 fully saturated rings. The first kappa shape index (κ1) is 12.2. The fraction of sp³-hybridized carbons (Fsp3) is 0.571. The minimum absolute atomic E-state index is 0.451. The van der Waals surface area contributed by atoms with Gasteiger partial charge in [-0.3, -0.25) is 0 Å². The Hall–Kier alpha value is -1.22. The van der Waals surface area contributed by atoms with Crippen LogP contribution >= 0.6 is 0 Å². The molecule has 1 aromatic carbocycles. The first-order valence-corrected chi connectivity index (χ1v) is 6.09. The summed E-state index contributed by atoms with van der Waals surface area (Å²) >= 11 is 0. The normalized spacial score (nSPS) is 23.8. The van der Waals surface area contributed by atoms with Crippen molar-refractivity contribution in [1.82, 2.24) is 0 Å². The van der Waals surface area contributed by atoms with E-state index in [2.05, 4.69) is 6.92 Å². The lowest BCUT2D eigenvalue weighted by atomic mass is 9.98. The number of rotatable bonds is 2. The summed E-state index contributed by atoms with van der Waals surface area (Å²) in [5.41, 5.74) is 2.01. The Morgan fingerprint density at radius 2 is 1.82 bits per heavy atom. The molecule has 17 heavy (non-hydrogen) atoms. The molecule has 0 saturated carbocycles. The molecular formula is C14H20O3. The summed E-state index contributed by atoms with van der Waals surface area (Å²) in [6.45, 7) is 2.17. The van der Waals surface area contributed by atoms with E-state index in [4.69, 9.17) is 9.47 Å². The highest BCUT2D eigenvalue weighted by molar-refractivity contribution is 5.50. The van der Waals surface area contributed by atoms with Gasteiger partial charge in [0.1, 0.15) is 11.5 Å². The predicted octanol–water partition coefficient (Wildman–Crippen LogP) is 2.71. The van der Waals surface area contributed by atoms with Crippen LogP contribution < -0.4 is 9.47 Å². The van der Waals surface area contributed by atoms with Gasteiger partial charge < -0.3 is 14.6 Å². The van der Waals surface area contributed by atoms with Crippen LogP contribution in [0.5, 0.6) is 11.5 Å². The van der Waals surface area contributed by atoms with Crippen LogP contribution in [0.2, 0.25) is 0 Å². The highest BCUT2D eigenvalue weighted by Gasteiger charge is 2.26. The summed E-state index contributed by atoms with van der Waals surface area (Å²) in [6, 6.07) is 3.79. The topological polar surface area (TPSA) is 38.7 Å². The zero-order valence-electron chi connectivity index (χ0n) is 10.7. The Bertz CT molecular complexity index is 401. The van der Waals surface area contributed by atoms with Crippen molar-refractivity contribution in [3.05, 3.63) is 23.3 Å². The van der Waals surface area contributed by atoms with E-state index in [1.54, 1.807) is 14.2 Å². The molecular weight excluding hydrogens is 216 g/mol. The van der Waals surface area contributed by atoms with Gasteiger partial charge in [-0.2, -0.15) is 0 Å². The number of methoxy groups -OCH3 is 2. The Morgan fingerprint density at radius 3 is 2.47 bits per heavy atom. The minimum atomic E-state index is -0.451. The van der Waals surface area contributed by atoms with Crippen LogP contribution in [0.3, 0.4) is 0 Å². The van der Waals surface area contributed by atoms with Gasteiger partial charge in [0.15, 0.2) is 0 Å². The molecule has 2 unspecified atom stereocenters. The molecule has 0 heterocycles. The second-order valence-electron chi connectivity index (χ2n) is 4.76. The number of ether oxygens (including phenoxy) is 2. The lowest BCUT2D eigenvalue weighted by Crippen LogP contribution is -2.05. The largest absolute Gasteiger partial charge is 0.496 e. The van der Waals surface area contributed by atoms with Gasteiger partial charge >= 0.3 is 0 Å². The van der Waals surface area contributed by atoms with E-state index in [0.717, 1.165) is 41.9 Å². The Morgan fingerprint density at radius 1 is 1.18 bits per heavy atom. The Labute approximate surface area is 102 Å². The van der Waals surface area contributed by atoms with Crippen molar-refractivity contribution in [3.8, 4) is 11.5 Å². The van der Waals surface area contributed by atoms with Crippen molar-refractivity contribution in [2.75, 3.05) is 14.2 Å². The second kappa shape index (κ2) is 4.96. The zero-order valence-corrected chi connectivity index (χ0v) is 10.7. The summed E-state index contributed by atoms with van der Waals surface area (Å²) in [5.74, 6) is 2.14. The molecule has 2 atom stereocenters. The lowest BCUT2D eigenvalue weighted by molar-refractivity contribution is 0.146. The molecule has 0 bridgehead atoms. The molecule has 0 aliphatic heterocycles. The van der Waals surface area contributed by atoms with Crippen LogP contribution in [0.1, 0.15) is 37.0 Å². The number of aliphatic hydroxyl groups excluding tert-OH is 1. The summed E-state index contributed by atoms with van der Waals surface area (Å²) in [4.78, 5) is 0. The van der Waals surface area contributed by atoms with Crippen molar-refractivity contribution < 1.29 is 14.6 Å². The zero-order chi connectivity index (χ0) is 12.4. The maximum Gasteiger partial charge on any atom is 0.125 e. The molecule has 0 radical (unpaired) electrons. The predicted molar refractivity (Wildman–Crippen MR) is 66.6 cm³/mol. The molecule has 0 aromatic heterocycles. The lowest BCUT2D eigenvalue weighted by Gasteiger charge is -2.18. The summed E-state index contributed by atoms with van der Waals surface area (Å²) in [6.07, 6.45) is 2.35. The molecule has 1 N–H and O–H groups in total. The monoisotopic (exact) mass is 236 g/mol. The molecule has 0 saturated heterocycles. The SMILES string of the molecule is COc1ccc(OC)c2c1CCC(C)CC2O. The van der Waals surface area contributed by atoms with Gasteiger partial charge in [-0.05, 0) is 37.3 Å². The van der Waals surface area contributed by atoms with Crippen LogP contribution in [0, 0.1) is 5.92 Å². The van der Waals surface area contributed by atoms with Crippen LogP contribution in [0.25, 0.3) is 0 Å². The van der Waals surface area contributed by atoms with E-state index in [1.807, 2.05) is 12.1 Å². The van der Waals surface area contributed by atoms with Crippen LogP contribution in [0.15, 0.2) is 12.1 Å². The summed E-state index contributed by atoms with van der Waals surface area (Å²) in [7, 11) is 3.31. The van der Waals surface area contributed by atoms with E-state index in [0.29, 0.717) is 5.92 Å². The number of hydrogen-bond donors (Lipinski definition) is 1. The van der Waals surface area contributed by atoms with Crippen molar-refractivity contribution >= 4 is 0 Å². The van der Waals surface area contributed by atoms with Gasteiger partial charge in [0.25, 0.3) is 0 Å². The van der Waals surface area contributed by atoms with Crippen molar-refractivity contribution in [2.24, 2.45) is 5.92 Å². The number of hydrogen-bond acceptors (Lipinski definition) is 3. The maximum atomic E-state index is 10.3. The Balaban J connectivity index is 2.54. The van der Waals surface area contributed by atoms with E-state index >= 15 is 0 Å². The number of aliphatic hydroxyl groups is 1. The van der Waals surface area contributed by atoms with E-state index in [1.165, 1.54) is 0 Å². The molecule has 0 amide bonds. The summed E-state index contributed by atoms with van der Waals surface area (Å²) < 4.78 is 10.7. The molecule has 3 heteroatoms. The number of benzene rings is 1. The molecule has 94 valence electrons. The quantitative estimate of drug-likeness (QED) is 0.802. The molecule has 0 spiro atoms. The van der Waals surface area contributed by atoms with Crippen LogP contribution in [-0.4, -0.2) is 19.3 Å². The van der Waals surface area contributed by atoms with Gasteiger partial charge in [0.05, 0.1) is 20.3 Å². The molecule has 2 rings (SSSR count). The maximum absolute atomic E-state index is 10.3. The van der Waals surface area contributed by atoms with Crippen molar-refractivity contribution in [2.45, 2.75) is 32.3 Å². The average Bonchev–Trinajstić information content (AvgIpc) is 2.48. The molecule has 1 aliphatic carbocycles. The van der Waals surface area contributed by atoms with E-state index < -0.39 is 6.10 Å². The molecule has 3 nitrogen and oxygen atoms in total. The van der Waals surface area contributed by atoms with Crippen molar-refractivity contribution in [3.63, 3.8) is 0 Å². The van der Waals surface area contributed by atoms with Crippen molar-refractivity contribution in [1.29, 1.82) is 0 Å². The van der Waals surface area contributed by atoms with Gasteiger partial charge in [0, 0.05) is 11.1 Å². The highest BCUT2D eigenvalue weighted by atomic mass is 16.5. The minimum Gasteiger partial charge on any atom is -0.496 e. The first-order valence-electron chi connectivity index (χ1n) is 6.09. The fourth-order valence-electron chi connectivity index (χ4n) is 2.62. The van der Waals surface area contributed by atoms with Gasteiger partial charge in [-0.1, -0.05) is 6.92 Å². The third-order valence-corrected chi connectivity index (χ3v) is 3.56. The van der Waals surface area contributed by atoms with E-state index in [9.17, 15) is 5.11 Å². The van der Waals surface area contributed by atoms with Crippen LogP contribution in [0.4, 0.5) is 0 Å². The van der Waals surface area contributed by atoms with Gasteiger partial charge in [-0.25, -0.2) is 0 Å². The Kier molecular flexibility index (Phi) is 3.57. The second-order valence-corrected chi connectivity index (χ2v) is 4.76. The fourth-order valence-corrected chi connectivity index (χ4v) is 2.62. The third-order valence-electron chi connectivity index (χ3n) is 3.56. The standard InChI is InChI=1S/C14H20O3/c1-9-4-5-10-12(16-2)6-7-13(17-3)14(10)11(15)8-9/h6-7,9,11,15H,4-5,8H2,1-3H3. The smallest absolute Gasteiger partial charge is 0.125 e. The third kappa shape index (κ3) is 2.25. The first-order chi connectivity index (χ1) is 8.17. The molecule has 1 aliphatic rings. The van der Waals surface area contributed by atoms with Gasteiger partial charge in [0.2, 0.25) is 0 Å². The molecule has 1 aromatic rings.